The van der Waals surface area contributed by atoms with Gasteiger partial charge in [0.15, 0.2) is 0 Å². The molecule has 1 aromatic rings. The summed E-state index contributed by atoms with van der Waals surface area (Å²) in [6.07, 6.45) is 0.752. The van der Waals surface area contributed by atoms with Crippen molar-refractivity contribution in [2.45, 2.75) is 19.8 Å². The van der Waals surface area contributed by atoms with E-state index in [0.29, 0.717) is 12.8 Å². The predicted octanol–water partition coefficient (Wildman–Crippen LogP) is 1.82. The first-order valence-electron chi connectivity index (χ1n) is 5.68. The fourth-order valence-electron chi connectivity index (χ4n) is 2.15. The molecule has 0 aromatic heterocycles. The number of hydrogen-bond donors (Lipinski definition) is 1. The molecule has 1 heterocycles. The van der Waals surface area contributed by atoms with Gasteiger partial charge in [-0.25, -0.2) is 0 Å². The number of carbonyl (C=O) groups is 2. The topological polar surface area (TPSA) is 57.6 Å². The summed E-state index contributed by atoms with van der Waals surface area (Å²) in [7, 11) is 0. The summed E-state index contributed by atoms with van der Waals surface area (Å²) in [5, 5.41) is 9.02. The van der Waals surface area contributed by atoms with Gasteiger partial charge in [-0.15, -0.1) is 0 Å². The number of aryl methyl sites for hydroxylation is 1. The number of carboxylic acids is 1. The maximum atomic E-state index is 11.8. The molecular weight excluding hydrogens is 218 g/mol. The number of benzene rings is 1. The molecule has 2 rings (SSSR count). The minimum absolute atomic E-state index is 0.0109. The van der Waals surface area contributed by atoms with Crippen LogP contribution >= 0.6 is 0 Å². The molecule has 0 spiro atoms. The number of carbonyl (C=O) groups excluding carboxylic acids is 1. The van der Waals surface area contributed by atoms with Gasteiger partial charge in [-0.3, -0.25) is 9.59 Å². The molecule has 1 fully saturated rings. The number of carboxylic acid groups (broad SMARTS) is 1. The molecule has 0 bridgehead atoms. The molecule has 1 aliphatic heterocycles. The molecule has 1 aliphatic rings. The van der Waals surface area contributed by atoms with E-state index in [0.717, 1.165) is 11.3 Å². The van der Waals surface area contributed by atoms with Gasteiger partial charge in [0, 0.05) is 18.7 Å². The minimum Gasteiger partial charge on any atom is -0.481 e. The van der Waals surface area contributed by atoms with Crippen LogP contribution in [0.2, 0.25) is 0 Å². The lowest BCUT2D eigenvalue weighted by molar-refractivity contribution is -0.142. The first kappa shape index (κ1) is 11.6. The van der Waals surface area contributed by atoms with Gasteiger partial charge in [0.2, 0.25) is 5.91 Å². The number of nitrogens with zero attached hydrogens (tertiary/aromatic N) is 1. The van der Waals surface area contributed by atoms with Crippen molar-refractivity contribution in [1.82, 2.24) is 0 Å². The van der Waals surface area contributed by atoms with E-state index in [-0.39, 0.29) is 12.5 Å². The van der Waals surface area contributed by atoms with Crippen LogP contribution in [0.5, 0.6) is 0 Å². The lowest BCUT2D eigenvalue weighted by atomic mass is 9.96. The Bertz CT molecular complexity index is 456. The minimum atomic E-state index is -0.823. The van der Waals surface area contributed by atoms with Crippen LogP contribution in [0.15, 0.2) is 24.3 Å². The van der Waals surface area contributed by atoms with Crippen molar-refractivity contribution in [2.24, 2.45) is 5.92 Å². The highest BCUT2D eigenvalue weighted by Crippen LogP contribution is 2.26. The summed E-state index contributed by atoms with van der Waals surface area (Å²) in [5.41, 5.74) is 1.82. The molecule has 1 saturated heterocycles. The van der Waals surface area contributed by atoms with Gasteiger partial charge in [0.05, 0.1) is 5.92 Å². The van der Waals surface area contributed by atoms with Crippen LogP contribution in [0.4, 0.5) is 5.69 Å². The molecule has 4 nitrogen and oxygen atoms in total. The zero-order chi connectivity index (χ0) is 12.4. The lowest BCUT2D eigenvalue weighted by Gasteiger charge is -2.31. The largest absolute Gasteiger partial charge is 0.481 e. The van der Waals surface area contributed by atoms with Crippen molar-refractivity contribution >= 4 is 17.6 Å². The maximum Gasteiger partial charge on any atom is 0.308 e. The highest BCUT2D eigenvalue weighted by Gasteiger charge is 2.31. The Morgan fingerprint density at radius 1 is 1.41 bits per heavy atom. The zero-order valence-corrected chi connectivity index (χ0v) is 9.72. The third-order valence-corrected chi connectivity index (χ3v) is 3.17. The van der Waals surface area contributed by atoms with Crippen LogP contribution in [-0.2, 0) is 9.59 Å². The lowest BCUT2D eigenvalue weighted by Crippen LogP contribution is -2.42. The normalized spacial score (nSPS) is 20.4. The number of aliphatic carboxylic acids is 1. The van der Waals surface area contributed by atoms with Crippen LogP contribution in [0, 0.1) is 12.8 Å². The van der Waals surface area contributed by atoms with E-state index in [4.69, 9.17) is 5.11 Å². The van der Waals surface area contributed by atoms with Gasteiger partial charge >= 0.3 is 5.97 Å². The van der Waals surface area contributed by atoms with Crippen molar-refractivity contribution in [2.75, 3.05) is 11.4 Å². The molecule has 1 atom stereocenters. The molecule has 0 unspecified atom stereocenters. The van der Waals surface area contributed by atoms with E-state index in [1.165, 1.54) is 0 Å². The number of para-hydroxylation sites is 1. The zero-order valence-electron chi connectivity index (χ0n) is 9.72. The summed E-state index contributed by atoms with van der Waals surface area (Å²) in [5.74, 6) is -1.26. The molecule has 90 valence electrons. The number of piperidine rings is 1. The average molecular weight is 233 g/mol. The summed E-state index contributed by atoms with van der Waals surface area (Å²) in [6.45, 7) is 2.20. The second-order valence-electron chi connectivity index (χ2n) is 4.36. The van der Waals surface area contributed by atoms with Crippen LogP contribution in [0.3, 0.4) is 0 Å². The van der Waals surface area contributed by atoms with Crippen molar-refractivity contribution in [3.63, 3.8) is 0 Å². The molecule has 0 radical (unpaired) electrons. The fourth-order valence-corrected chi connectivity index (χ4v) is 2.15. The number of hydrogen-bond acceptors (Lipinski definition) is 2. The molecule has 1 N–H and O–H groups in total. The van der Waals surface area contributed by atoms with E-state index in [9.17, 15) is 9.59 Å². The first-order valence-corrected chi connectivity index (χ1v) is 5.68. The van der Waals surface area contributed by atoms with Gasteiger partial charge in [-0.05, 0) is 25.0 Å². The fraction of sp³-hybridized carbons (Fsp3) is 0.385. The van der Waals surface area contributed by atoms with E-state index in [1.807, 2.05) is 31.2 Å². The van der Waals surface area contributed by atoms with E-state index >= 15 is 0 Å². The third-order valence-electron chi connectivity index (χ3n) is 3.17. The standard InChI is InChI=1S/C13H15NO3/c1-9-4-2-3-5-11(9)14-8-10(13(16)17)6-7-12(14)15/h2-5,10H,6-8H2,1H3,(H,16,17)/t10-/m0/s1. The maximum absolute atomic E-state index is 11.8. The third kappa shape index (κ3) is 2.30. The summed E-state index contributed by atoms with van der Waals surface area (Å²) >= 11 is 0. The Labute approximate surface area is 99.9 Å². The highest BCUT2D eigenvalue weighted by atomic mass is 16.4. The van der Waals surface area contributed by atoms with Crippen LogP contribution < -0.4 is 4.90 Å². The Morgan fingerprint density at radius 3 is 2.76 bits per heavy atom. The smallest absolute Gasteiger partial charge is 0.308 e. The Kier molecular flexibility index (Phi) is 3.13. The molecule has 0 saturated carbocycles. The van der Waals surface area contributed by atoms with E-state index in [1.54, 1.807) is 4.90 Å². The monoisotopic (exact) mass is 233 g/mol. The predicted molar refractivity (Wildman–Crippen MR) is 63.9 cm³/mol. The molecule has 1 aromatic carbocycles. The molecular formula is C13H15NO3. The Balaban J connectivity index is 2.27. The van der Waals surface area contributed by atoms with Crippen molar-refractivity contribution in [3.8, 4) is 0 Å². The number of rotatable bonds is 2. The van der Waals surface area contributed by atoms with Gasteiger partial charge in [0.1, 0.15) is 0 Å². The second-order valence-corrected chi connectivity index (χ2v) is 4.36. The SMILES string of the molecule is Cc1ccccc1N1C[C@@H](C(=O)O)CCC1=O. The molecule has 1 amide bonds. The van der Waals surface area contributed by atoms with Crippen LogP contribution in [-0.4, -0.2) is 23.5 Å². The van der Waals surface area contributed by atoms with Gasteiger partial charge in [-0.2, -0.15) is 0 Å². The van der Waals surface area contributed by atoms with E-state index < -0.39 is 11.9 Å². The summed E-state index contributed by atoms with van der Waals surface area (Å²) in [6, 6.07) is 7.55. The van der Waals surface area contributed by atoms with Crippen molar-refractivity contribution in [3.05, 3.63) is 29.8 Å². The highest BCUT2D eigenvalue weighted by molar-refractivity contribution is 5.96. The van der Waals surface area contributed by atoms with Crippen LogP contribution in [0.25, 0.3) is 0 Å². The Hall–Kier alpha value is -1.84. The number of amides is 1. The number of anilines is 1. The molecule has 0 aliphatic carbocycles. The van der Waals surface area contributed by atoms with Crippen molar-refractivity contribution in [1.29, 1.82) is 0 Å². The summed E-state index contributed by atoms with van der Waals surface area (Å²) < 4.78 is 0. The van der Waals surface area contributed by atoms with Gasteiger partial charge in [-0.1, -0.05) is 18.2 Å². The quantitative estimate of drug-likeness (QED) is 0.847. The summed E-state index contributed by atoms with van der Waals surface area (Å²) in [4.78, 5) is 24.4. The Morgan fingerprint density at radius 2 is 2.12 bits per heavy atom. The average Bonchev–Trinajstić information content (AvgIpc) is 2.30. The van der Waals surface area contributed by atoms with E-state index in [2.05, 4.69) is 0 Å². The second kappa shape index (κ2) is 4.57. The first-order chi connectivity index (χ1) is 8.09. The van der Waals surface area contributed by atoms with Gasteiger partial charge in [0.25, 0.3) is 0 Å². The van der Waals surface area contributed by atoms with Crippen molar-refractivity contribution < 1.29 is 14.7 Å². The van der Waals surface area contributed by atoms with Gasteiger partial charge < -0.3 is 10.0 Å². The molecule has 4 heteroatoms. The van der Waals surface area contributed by atoms with Crippen LogP contribution in [0.1, 0.15) is 18.4 Å². The molecule has 17 heavy (non-hydrogen) atoms.